The maximum absolute atomic E-state index is 10.8. The summed E-state index contributed by atoms with van der Waals surface area (Å²) in [7, 11) is 1.58. The predicted molar refractivity (Wildman–Crippen MR) is 74.7 cm³/mol. The average molecular weight is 285 g/mol. The molecule has 0 spiro atoms. The quantitative estimate of drug-likeness (QED) is 0.222. The van der Waals surface area contributed by atoms with Gasteiger partial charge in [0.1, 0.15) is 12.7 Å². The molecule has 1 rings (SSSR count). The van der Waals surface area contributed by atoms with E-state index in [0.717, 1.165) is 18.9 Å². The summed E-state index contributed by atoms with van der Waals surface area (Å²) in [6, 6.07) is 0. The van der Waals surface area contributed by atoms with Gasteiger partial charge in [0.15, 0.2) is 0 Å². The molecule has 1 fully saturated rings. The molecular weight excluding hydrogens is 262 g/mol. The fraction of sp³-hybridized carbons (Fsp3) is 0.571. The number of hydroxylamine groups is 2. The molecule has 0 aromatic rings. The molecule has 0 radical (unpaired) electrons. The van der Waals surface area contributed by atoms with Crippen molar-refractivity contribution in [1.29, 1.82) is 0 Å². The Morgan fingerprint density at radius 2 is 2.05 bits per heavy atom. The minimum absolute atomic E-state index is 0.147. The van der Waals surface area contributed by atoms with E-state index in [4.69, 9.17) is 9.57 Å². The SMILES string of the molecule is C=CC(=O)N(C)OCCCC.C=CC(=O)OCC1CO1. The van der Waals surface area contributed by atoms with Gasteiger partial charge in [0.2, 0.25) is 0 Å². The Bertz CT molecular complexity index is 326. The normalized spacial score (nSPS) is 15.4. The van der Waals surface area contributed by atoms with Gasteiger partial charge < -0.3 is 9.47 Å². The molecule has 20 heavy (non-hydrogen) atoms. The first-order chi connectivity index (χ1) is 9.54. The van der Waals surface area contributed by atoms with Gasteiger partial charge in [-0.3, -0.25) is 9.63 Å². The first kappa shape index (κ1) is 18.3. The van der Waals surface area contributed by atoms with Gasteiger partial charge in [0.05, 0.1) is 13.2 Å². The molecule has 1 amide bonds. The second-order valence-corrected chi connectivity index (χ2v) is 4.02. The lowest BCUT2D eigenvalue weighted by Crippen LogP contribution is -2.25. The second kappa shape index (κ2) is 11.2. The summed E-state index contributed by atoms with van der Waals surface area (Å²) >= 11 is 0. The van der Waals surface area contributed by atoms with Gasteiger partial charge in [0, 0.05) is 13.1 Å². The fourth-order valence-electron chi connectivity index (χ4n) is 0.936. The van der Waals surface area contributed by atoms with Gasteiger partial charge in [-0.25, -0.2) is 9.86 Å². The van der Waals surface area contributed by atoms with Crippen LogP contribution in [-0.2, 0) is 23.9 Å². The molecule has 1 aliphatic rings. The van der Waals surface area contributed by atoms with Crippen molar-refractivity contribution in [1.82, 2.24) is 5.06 Å². The van der Waals surface area contributed by atoms with E-state index < -0.39 is 0 Å². The van der Waals surface area contributed by atoms with Crippen LogP contribution < -0.4 is 0 Å². The van der Waals surface area contributed by atoms with Crippen LogP contribution in [0.25, 0.3) is 0 Å². The molecule has 1 atom stereocenters. The summed E-state index contributed by atoms with van der Waals surface area (Å²) < 4.78 is 9.42. The number of ether oxygens (including phenoxy) is 2. The smallest absolute Gasteiger partial charge is 0.330 e. The first-order valence-corrected chi connectivity index (χ1v) is 6.48. The number of hydrogen-bond donors (Lipinski definition) is 0. The van der Waals surface area contributed by atoms with Crippen LogP contribution in [0.5, 0.6) is 0 Å². The molecule has 0 aromatic heterocycles. The van der Waals surface area contributed by atoms with Gasteiger partial charge in [-0.05, 0) is 12.5 Å². The molecule has 114 valence electrons. The zero-order valence-electron chi connectivity index (χ0n) is 12.2. The third kappa shape index (κ3) is 10.3. The van der Waals surface area contributed by atoms with Crippen LogP contribution in [0.15, 0.2) is 25.3 Å². The van der Waals surface area contributed by atoms with Crippen molar-refractivity contribution in [3.63, 3.8) is 0 Å². The number of likely N-dealkylation sites (N-methyl/N-ethyl adjacent to an activating group) is 1. The Kier molecular flexibility index (Phi) is 10.3. The van der Waals surface area contributed by atoms with Gasteiger partial charge in [0.25, 0.3) is 5.91 Å². The van der Waals surface area contributed by atoms with E-state index in [2.05, 4.69) is 24.8 Å². The number of esters is 1. The lowest BCUT2D eigenvalue weighted by atomic mass is 10.4. The van der Waals surface area contributed by atoms with E-state index in [0.29, 0.717) is 19.8 Å². The second-order valence-electron chi connectivity index (χ2n) is 4.02. The number of hydrogen-bond acceptors (Lipinski definition) is 5. The molecule has 0 saturated carbocycles. The summed E-state index contributed by atoms with van der Waals surface area (Å²) in [5.74, 6) is -0.591. The third-order valence-electron chi connectivity index (χ3n) is 2.25. The van der Waals surface area contributed by atoms with Crippen molar-refractivity contribution in [3.05, 3.63) is 25.3 Å². The number of rotatable bonds is 8. The Morgan fingerprint density at radius 1 is 1.40 bits per heavy atom. The van der Waals surface area contributed by atoms with Crippen LogP contribution in [0.2, 0.25) is 0 Å². The van der Waals surface area contributed by atoms with Crippen LogP contribution >= 0.6 is 0 Å². The number of unbranched alkanes of at least 4 members (excludes halogenated alkanes) is 1. The highest BCUT2D eigenvalue weighted by Crippen LogP contribution is 2.08. The molecule has 1 unspecified atom stereocenters. The lowest BCUT2D eigenvalue weighted by molar-refractivity contribution is -0.172. The molecule has 0 N–H and O–H groups in total. The zero-order valence-corrected chi connectivity index (χ0v) is 12.2. The van der Waals surface area contributed by atoms with E-state index in [1.54, 1.807) is 7.05 Å². The lowest BCUT2D eigenvalue weighted by Gasteiger charge is -2.13. The molecule has 1 heterocycles. The third-order valence-corrected chi connectivity index (χ3v) is 2.25. The van der Waals surface area contributed by atoms with Gasteiger partial charge in [-0.15, -0.1) is 0 Å². The number of nitrogens with zero attached hydrogens (tertiary/aromatic N) is 1. The number of epoxide rings is 1. The van der Waals surface area contributed by atoms with E-state index in [1.165, 1.54) is 11.1 Å². The summed E-state index contributed by atoms with van der Waals surface area (Å²) in [4.78, 5) is 26.2. The number of amides is 1. The topological polar surface area (TPSA) is 68.4 Å². The summed E-state index contributed by atoms with van der Waals surface area (Å²) in [6.07, 6.45) is 4.55. The molecule has 0 aromatic carbocycles. The van der Waals surface area contributed by atoms with Gasteiger partial charge in [-0.1, -0.05) is 26.5 Å². The van der Waals surface area contributed by atoms with Gasteiger partial charge >= 0.3 is 5.97 Å². The Balaban J connectivity index is 0.000000367. The summed E-state index contributed by atoms with van der Waals surface area (Å²) in [5, 5.41) is 1.20. The predicted octanol–water partition coefficient (Wildman–Crippen LogP) is 1.48. The van der Waals surface area contributed by atoms with Crippen molar-refractivity contribution < 1.29 is 23.9 Å². The number of carbonyl (C=O) groups is 2. The first-order valence-electron chi connectivity index (χ1n) is 6.48. The van der Waals surface area contributed by atoms with Crippen molar-refractivity contribution in [2.45, 2.75) is 25.9 Å². The van der Waals surface area contributed by atoms with E-state index in [9.17, 15) is 9.59 Å². The molecule has 6 nitrogen and oxygen atoms in total. The fourth-order valence-corrected chi connectivity index (χ4v) is 0.936. The van der Waals surface area contributed by atoms with Crippen LogP contribution in [-0.4, -0.2) is 49.9 Å². The van der Waals surface area contributed by atoms with Crippen molar-refractivity contribution in [2.75, 3.05) is 26.9 Å². The molecule has 1 aliphatic heterocycles. The Hall–Kier alpha value is -1.66. The zero-order chi connectivity index (χ0) is 15.4. The van der Waals surface area contributed by atoms with Crippen molar-refractivity contribution >= 4 is 11.9 Å². The molecule has 0 bridgehead atoms. The monoisotopic (exact) mass is 285 g/mol. The summed E-state index contributed by atoms with van der Waals surface area (Å²) in [6.45, 7) is 10.3. The number of carbonyl (C=O) groups excluding carboxylic acids is 2. The average Bonchev–Trinajstić information content (AvgIpc) is 3.28. The van der Waals surface area contributed by atoms with Gasteiger partial charge in [-0.2, -0.15) is 0 Å². The van der Waals surface area contributed by atoms with Crippen LogP contribution in [0.4, 0.5) is 0 Å². The van der Waals surface area contributed by atoms with E-state index in [-0.39, 0.29) is 18.0 Å². The van der Waals surface area contributed by atoms with Crippen LogP contribution in [0, 0.1) is 0 Å². The molecule has 1 saturated heterocycles. The standard InChI is InChI=1S/C8H15NO2.C6H8O3/c1-4-6-7-11-9(3)8(10)5-2;1-2-6(7)9-4-5-3-8-5/h5H,2,4,6-7H2,1,3H3;2,5H,1,3-4H2. The minimum Gasteiger partial charge on any atom is -0.460 e. The highest BCUT2D eigenvalue weighted by molar-refractivity contribution is 5.85. The highest BCUT2D eigenvalue weighted by Gasteiger charge is 2.23. The Labute approximate surface area is 119 Å². The maximum atomic E-state index is 10.8. The molecule has 6 heteroatoms. The molecular formula is C14H23NO5. The summed E-state index contributed by atoms with van der Waals surface area (Å²) in [5.41, 5.74) is 0. The largest absolute Gasteiger partial charge is 0.460 e. The molecule has 0 aliphatic carbocycles. The van der Waals surface area contributed by atoms with Crippen molar-refractivity contribution in [2.24, 2.45) is 0 Å². The highest BCUT2D eigenvalue weighted by atomic mass is 16.7. The van der Waals surface area contributed by atoms with Crippen molar-refractivity contribution in [3.8, 4) is 0 Å². The Morgan fingerprint density at radius 3 is 2.50 bits per heavy atom. The maximum Gasteiger partial charge on any atom is 0.330 e. The van der Waals surface area contributed by atoms with E-state index in [1.807, 2.05) is 0 Å². The van der Waals surface area contributed by atoms with Crippen LogP contribution in [0.1, 0.15) is 19.8 Å². The van der Waals surface area contributed by atoms with E-state index >= 15 is 0 Å². The van der Waals surface area contributed by atoms with Crippen LogP contribution in [0.3, 0.4) is 0 Å². The minimum atomic E-state index is -0.384.